The molecular formula is C10H19NO4. The molecule has 1 fully saturated rings. The van der Waals surface area contributed by atoms with E-state index in [0.717, 1.165) is 19.5 Å². The van der Waals surface area contributed by atoms with E-state index in [4.69, 9.17) is 9.84 Å². The molecule has 0 aromatic heterocycles. The quantitative estimate of drug-likeness (QED) is 0.610. The highest BCUT2D eigenvalue weighted by molar-refractivity contribution is 5.68. The van der Waals surface area contributed by atoms with Crippen LogP contribution in [0.5, 0.6) is 0 Å². The molecule has 0 aromatic rings. The normalized spacial score (nSPS) is 27.1. The van der Waals surface area contributed by atoms with Crippen molar-refractivity contribution in [3.63, 3.8) is 0 Å². The van der Waals surface area contributed by atoms with Crippen molar-refractivity contribution >= 4 is 5.97 Å². The van der Waals surface area contributed by atoms with Crippen molar-refractivity contribution in [2.75, 3.05) is 33.4 Å². The average molecular weight is 217 g/mol. The fourth-order valence-electron chi connectivity index (χ4n) is 1.99. The van der Waals surface area contributed by atoms with Gasteiger partial charge in [-0.05, 0) is 12.8 Å². The Kier molecular flexibility index (Phi) is 4.50. The largest absolute Gasteiger partial charge is 0.481 e. The van der Waals surface area contributed by atoms with Crippen molar-refractivity contribution in [1.82, 2.24) is 4.90 Å². The van der Waals surface area contributed by atoms with Gasteiger partial charge in [0.1, 0.15) is 0 Å². The highest BCUT2D eigenvalue weighted by atomic mass is 16.5. The summed E-state index contributed by atoms with van der Waals surface area (Å²) in [4.78, 5) is 12.6. The highest BCUT2D eigenvalue weighted by Crippen LogP contribution is 2.24. The third-order valence-electron chi connectivity index (χ3n) is 2.71. The zero-order valence-electron chi connectivity index (χ0n) is 9.11. The summed E-state index contributed by atoms with van der Waals surface area (Å²) in [5.74, 6) is -0.934. The van der Waals surface area contributed by atoms with Crippen LogP contribution in [0.3, 0.4) is 0 Å². The molecule has 15 heavy (non-hydrogen) atoms. The molecule has 0 aromatic carbocycles. The minimum absolute atomic E-state index is 0.159. The maximum Gasteiger partial charge on any atom is 0.306 e. The van der Waals surface area contributed by atoms with Gasteiger partial charge in [-0.1, -0.05) is 0 Å². The average Bonchev–Trinajstić information content (AvgIpc) is 2.46. The molecule has 1 atom stereocenters. The number of aliphatic carboxylic acids is 1. The van der Waals surface area contributed by atoms with Gasteiger partial charge in [-0.25, -0.2) is 0 Å². The monoisotopic (exact) mass is 217 g/mol. The van der Waals surface area contributed by atoms with E-state index in [9.17, 15) is 9.90 Å². The Morgan fingerprint density at radius 3 is 2.93 bits per heavy atom. The molecule has 0 spiro atoms. The number of likely N-dealkylation sites (tertiary alicyclic amines) is 1. The van der Waals surface area contributed by atoms with Gasteiger partial charge >= 0.3 is 5.97 Å². The topological polar surface area (TPSA) is 70.0 Å². The molecule has 0 amide bonds. The molecule has 1 aliphatic heterocycles. The first-order valence-corrected chi connectivity index (χ1v) is 5.21. The molecule has 0 saturated carbocycles. The number of hydrogen-bond acceptors (Lipinski definition) is 4. The summed E-state index contributed by atoms with van der Waals surface area (Å²) in [6.07, 6.45) is 1.31. The number of β-amino-alcohol motifs (C(OH)–C–C–N with tert-alkyl or cyclic N) is 1. The van der Waals surface area contributed by atoms with Gasteiger partial charge in [0.05, 0.1) is 12.0 Å². The van der Waals surface area contributed by atoms with Crippen LogP contribution in [0.4, 0.5) is 0 Å². The Labute approximate surface area is 89.6 Å². The van der Waals surface area contributed by atoms with Gasteiger partial charge in [0.15, 0.2) is 0 Å². The second kappa shape index (κ2) is 5.44. The van der Waals surface area contributed by atoms with Gasteiger partial charge in [-0.2, -0.15) is 0 Å². The first kappa shape index (κ1) is 12.4. The van der Waals surface area contributed by atoms with Gasteiger partial charge < -0.3 is 19.8 Å². The summed E-state index contributed by atoms with van der Waals surface area (Å²) in [6, 6.07) is 0. The fraction of sp³-hybridized carbons (Fsp3) is 0.900. The van der Waals surface area contributed by atoms with Crippen LogP contribution in [0, 0.1) is 0 Å². The highest BCUT2D eigenvalue weighted by Gasteiger charge is 2.37. The minimum Gasteiger partial charge on any atom is -0.481 e. The van der Waals surface area contributed by atoms with Crippen molar-refractivity contribution in [3.05, 3.63) is 0 Å². The van der Waals surface area contributed by atoms with Crippen molar-refractivity contribution in [3.8, 4) is 0 Å². The number of carboxylic acid groups (broad SMARTS) is 1. The lowest BCUT2D eigenvalue weighted by atomic mass is 9.99. The van der Waals surface area contributed by atoms with Crippen LogP contribution in [0.2, 0.25) is 0 Å². The van der Waals surface area contributed by atoms with E-state index in [1.807, 2.05) is 0 Å². The van der Waals surface area contributed by atoms with Gasteiger partial charge in [0, 0.05) is 33.4 Å². The Morgan fingerprint density at radius 2 is 2.33 bits per heavy atom. The number of carboxylic acids is 1. The molecule has 5 heteroatoms. The summed E-state index contributed by atoms with van der Waals surface area (Å²) in [5, 5.41) is 18.6. The number of hydrogen-bond donors (Lipinski definition) is 2. The molecular weight excluding hydrogens is 198 g/mol. The van der Waals surface area contributed by atoms with E-state index in [1.165, 1.54) is 0 Å². The molecule has 0 bridgehead atoms. The zero-order valence-corrected chi connectivity index (χ0v) is 9.11. The Morgan fingerprint density at radius 1 is 1.60 bits per heavy atom. The summed E-state index contributed by atoms with van der Waals surface area (Å²) in [7, 11) is 1.66. The minimum atomic E-state index is -1.03. The lowest BCUT2D eigenvalue weighted by Gasteiger charge is -2.21. The van der Waals surface area contributed by atoms with Crippen molar-refractivity contribution < 1.29 is 19.7 Å². The summed E-state index contributed by atoms with van der Waals surface area (Å²) >= 11 is 0. The van der Waals surface area contributed by atoms with E-state index in [1.54, 1.807) is 7.11 Å². The van der Waals surface area contributed by atoms with Gasteiger partial charge in [0.25, 0.3) is 0 Å². The first-order chi connectivity index (χ1) is 7.06. The predicted octanol–water partition coefficient (Wildman–Crippen LogP) is -0.0656. The standard InChI is InChI=1S/C10H19NO4/c1-15-6-2-4-11-5-3-10(14,8-11)7-9(12)13/h14H,2-8H2,1H3,(H,12,13). The molecule has 1 heterocycles. The maximum absolute atomic E-state index is 10.5. The fourth-order valence-corrected chi connectivity index (χ4v) is 1.99. The third-order valence-corrected chi connectivity index (χ3v) is 2.71. The van der Waals surface area contributed by atoms with E-state index in [2.05, 4.69) is 4.90 Å². The van der Waals surface area contributed by atoms with Crippen LogP contribution in [0.25, 0.3) is 0 Å². The van der Waals surface area contributed by atoms with E-state index < -0.39 is 11.6 Å². The van der Waals surface area contributed by atoms with Crippen LogP contribution < -0.4 is 0 Å². The third kappa shape index (κ3) is 4.15. The Hall–Kier alpha value is -0.650. The van der Waals surface area contributed by atoms with Crippen LogP contribution in [-0.4, -0.2) is 60.0 Å². The summed E-state index contributed by atoms with van der Waals surface area (Å²) in [6.45, 7) is 2.79. The number of carbonyl (C=O) groups is 1. The lowest BCUT2D eigenvalue weighted by molar-refractivity contribution is -0.142. The van der Waals surface area contributed by atoms with E-state index >= 15 is 0 Å². The molecule has 0 radical (unpaired) electrons. The zero-order chi connectivity index (χ0) is 11.3. The van der Waals surface area contributed by atoms with Crippen LogP contribution in [0.15, 0.2) is 0 Å². The number of nitrogens with zero attached hydrogens (tertiary/aromatic N) is 1. The SMILES string of the molecule is COCCCN1CCC(O)(CC(=O)O)C1. The van der Waals surface area contributed by atoms with Crippen LogP contribution >= 0.6 is 0 Å². The Balaban J connectivity index is 2.27. The number of methoxy groups -OCH3 is 1. The molecule has 5 nitrogen and oxygen atoms in total. The lowest BCUT2D eigenvalue weighted by Crippen LogP contribution is -2.35. The molecule has 88 valence electrons. The number of ether oxygens (including phenoxy) is 1. The molecule has 1 saturated heterocycles. The van der Waals surface area contributed by atoms with Crippen molar-refractivity contribution in [2.24, 2.45) is 0 Å². The molecule has 1 unspecified atom stereocenters. The number of aliphatic hydroxyl groups is 1. The molecule has 2 N–H and O–H groups in total. The second-order valence-corrected chi connectivity index (χ2v) is 4.17. The second-order valence-electron chi connectivity index (χ2n) is 4.17. The van der Waals surface area contributed by atoms with Gasteiger partial charge in [-0.15, -0.1) is 0 Å². The summed E-state index contributed by atoms with van der Waals surface area (Å²) in [5.41, 5.74) is -1.03. The van der Waals surface area contributed by atoms with Crippen LogP contribution in [0.1, 0.15) is 19.3 Å². The van der Waals surface area contributed by atoms with Gasteiger partial charge in [-0.3, -0.25) is 4.79 Å². The Bertz CT molecular complexity index is 221. The van der Waals surface area contributed by atoms with Gasteiger partial charge in [0.2, 0.25) is 0 Å². The van der Waals surface area contributed by atoms with Crippen LogP contribution in [-0.2, 0) is 9.53 Å². The van der Waals surface area contributed by atoms with E-state index in [-0.39, 0.29) is 6.42 Å². The van der Waals surface area contributed by atoms with E-state index in [0.29, 0.717) is 19.6 Å². The number of rotatable bonds is 6. The molecule has 1 rings (SSSR count). The van der Waals surface area contributed by atoms with Crippen molar-refractivity contribution in [1.29, 1.82) is 0 Å². The molecule has 0 aliphatic carbocycles. The van der Waals surface area contributed by atoms with Crippen molar-refractivity contribution in [2.45, 2.75) is 24.9 Å². The maximum atomic E-state index is 10.5. The summed E-state index contributed by atoms with van der Waals surface area (Å²) < 4.78 is 4.93. The molecule has 1 aliphatic rings. The predicted molar refractivity (Wildman–Crippen MR) is 54.8 cm³/mol. The first-order valence-electron chi connectivity index (χ1n) is 5.21. The smallest absolute Gasteiger partial charge is 0.306 e.